The van der Waals surface area contributed by atoms with E-state index in [0.29, 0.717) is 32.5 Å². The number of nitrogens with zero attached hydrogens (tertiary/aromatic N) is 5. The highest BCUT2D eigenvalue weighted by atomic mass is 35.5. The van der Waals surface area contributed by atoms with E-state index in [-0.39, 0.29) is 38.7 Å². The molecule has 1 aromatic heterocycles. The molecule has 38 heavy (non-hydrogen) atoms. The third-order valence-electron chi connectivity index (χ3n) is 7.41. The molecule has 0 radical (unpaired) electrons. The first-order chi connectivity index (χ1) is 18.4. The number of carbonyl (C=O) groups is 2. The molecule has 4 aromatic rings. The molecule has 2 aliphatic rings. The van der Waals surface area contributed by atoms with Gasteiger partial charge in [-0.3, -0.25) is 9.59 Å². The molecule has 0 unspecified atom stereocenters. The first-order valence-corrected chi connectivity index (χ1v) is 12.9. The van der Waals surface area contributed by atoms with Gasteiger partial charge < -0.3 is 9.80 Å². The maximum atomic E-state index is 13.8. The minimum absolute atomic E-state index is 0.124. The van der Waals surface area contributed by atoms with E-state index in [2.05, 4.69) is 16.1 Å². The molecule has 3 aromatic carbocycles. The second kappa shape index (κ2) is 9.53. The van der Waals surface area contributed by atoms with Crippen LogP contribution in [0.2, 0.25) is 10.0 Å². The van der Waals surface area contributed by atoms with Gasteiger partial charge in [-0.15, -0.1) is 5.10 Å². The molecule has 0 N–H and O–H groups in total. The van der Waals surface area contributed by atoms with Crippen molar-refractivity contribution in [2.75, 3.05) is 24.5 Å². The summed E-state index contributed by atoms with van der Waals surface area (Å²) in [6.45, 7) is 1.42. The summed E-state index contributed by atoms with van der Waals surface area (Å²) in [7, 11) is 0. The number of rotatable bonds is 3. The number of piperidine rings is 1. The van der Waals surface area contributed by atoms with Crippen molar-refractivity contribution >= 4 is 40.7 Å². The summed E-state index contributed by atoms with van der Waals surface area (Å²) in [5, 5.41) is 4.07. The highest BCUT2D eigenvalue weighted by Crippen LogP contribution is 2.47. The van der Waals surface area contributed by atoms with Crippen LogP contribution in [0.25, 0.3) is 5.69 Å². The van der Waals surface area contributed by atoms with E-state index in [9.17, 15) is 14.0 Å². The van der Waals surface area contributed by atoms with Gasteiger partial charge in [0.25, 0.3) is 11.8 Å². The Morgan fingerprint density at radius 1 is 0.895 bits per heavy atom. The summed E-state index contributed by atoms with van der Waals surface area (Å²) >= 11 is 11.8. The molecule has 2 aliphatic heterocycles. The maximum absolute atomic E-state index is 13.8. The van der Waals surface area contributed by atoms with Crippen LogP contribution in [0.4, 0.5) is 10.1 Å². The van der Waals surface area contributed by atoms with Crippen LogP contribution in [0.3, 0.4) is 0 Å². The van der Waals surface area contributed by atoms with Crippen LogP contribution in [0.1, 0.15) is 39.4 Å². The Morgan fingerprint density at radius 3 is 2.26 bits per heavy atom. The fraction of sp³-hybridized carbons (Fsp3) is 0.214. The van der Waals surface area contributed by atoms with Crippen LogP contribution in [-0.2, 0) is 5.41 Å². The fourth-order valence-corrected chi connectivity index (χ4v) is 5.91. The van der Waals surface area contributed by atoms with Crippen LogP contribution in [-0.4, -0.2) is 51.1 Å². The van der Waals surface area contributed by atoms with E-state index in [1.165, 1.54) is 12.1 Å². The molecule has 0 atom stereocenters. The van der Waals surface area contributed by atoms with Crippen molar-refractivity contribution in [3.63, 3.8) is 0 Å². The fourth-order valence-electron chi connectivity index (χ4n) is 5.43. The van der Waals surface area contributed by atoms with Crippen molar-refractivity contribution in [2.24, 2.45) is 0 Å². The quantitative estimate of drug-likeness (QED) is 0.314. The number of likely N-dealkylation sites (tertiary alicyclic amines) is 1. The number of amides is 2. The lowest BCUT2D eigenvalue weighted by Gasteiger charge is -2.40. The summed E-state index contributed by atoms with van der Waals surface area (Å²) in [5.41, 5.74) is 2.68. The Morgan fingerprint density at radius 2 is 1.55 bits per heavy atom. The molecular weight excluding hydrogens is 528 g/mol. The van der Waals surface area contributed by atoms with E-state index in [1.807, 2.05) is 48.5 Å². The van der Waals surface area contributed by atoms with Gasteiger partial charge in [-0.25, -0.2) is 14.1 Å². The average molecular weight is 550 g/mol. The van der Waals surface area contributed by atoms with Crippen molar-refractivity contribution in [2.45, 2.75) is 18.3 Å². The zero-order chi connectivity index (χ0) is 26.4. The smallest absolute Gasteiger partial charge is 0.297 e. The Hall–Kier alpha value is -3.75. The monoisotopic (exact) mass is 549 g/mol. The minimum atomic E-state index is -0.738. The zero-order valence-corrected chi connectivity index (χ0v) is 21.7. The molecule has 1 spiro atoms. The average Bonchev–Trinajstić information content (AvgIpc) is 3.56. The van der Waals surface area contributed by atoms with Crippen molar-refractivity contribution < 1.29 is 14.0 Å². The third-order valence-corrected chi connectivity index (χ3v) is 7.96. The first-order valence-electron chi connectivity index (χ1n) is 12.2. The number of anilines is 1. The lowest BCUT2D eigenvalue weighted by atomic mass is 9.74. The van der Waals surface area contributed by atoms with E-state index >= 15 is 0 Å². The lowest BCUT2D eigenvalue weighted by Crippen LogP contribution is -2.48. The van der Waals surface area contributed by atoms with Gasteiger partial charge in [-0.1, -0.05) is 59.6 Å². The normalized spacial score (nSPS) is 16.1. The van der Waals surface area contributed by atoms with Gasteiger partial charge in [0.2, 0.25) is 5.82 Å². The molecule has 10 heteroatoms. The Balaban J connectivity index is 1.23. The number of aromatic nitrogens is 3. The van der Waals surface area contributed by atoms with Crippen LogP contribution >= 0.6 is 23.2 Å². The van der Waals surface area contributed by atoms with Crippen LogP contribution < -0.4 is 4.90 Å². The predicted molar refractivity (Wildman–Crippen MR) is 143 cm³/mol. The number of hydrogen-bond donors (Lipinski definition) is 0. The second-order valence-corrected chi connectivity index (χ2v) is 10.4. The number of benzene rings is 3. The topological polar surface area (TPSA) is 71.3 Å². The number of para-hydroxylation sites is 2. The molecule has 7 nitrogen and oxygen atoms in total. The number of halogens is 3. The third kappa shape index (κ3) is 4.14. The van der Waals surface area contributed by atoms with Crippen LogP contribution in [0.5, 0.6) is 0 Å². The SMILES string of the molecule is O=C(c1cc(Cl)c(F)c(Cl)c1)N1CCC2(CC1)CN(C(=O)c1ncn(-c3ccccc3)n1)c1ccccc12. The van der Waals surface area contributed by atoms with Crippen molar-refractivity contribution in [3.8, 4) is 5.69 Å². The molecule has 0 saturated carbocycles. The summed E-state index contributed by atoms with van der Waals surface area (Å²) in [4.78, 5) is 34.5. The Labute approximate surface area is 228 Å². The summed E-state index contributed by atoms with van der Waals surface area (Å²) in [6.07, 6.45) is 2.86. The molecule has 6 rings (SSSR count). The maximum Gasteiger partial charge on any atom is 0.297 e. The molecule has 2 amide bonds. The summed E-state index contributed by atoms with van der Waals surface area (Å²) in [5.74, 6) is -1.13. The molecule has 1 fully saturated rings. The lowest BCUT2D eigenvalue weighted by molar-refractivity contribution is 0.0670. The standard InChI is InChI=1S/C28H22Cl2FN5O2/c29-21-14-18(15-22(30)24(21)31)26(37)34-12-10-28(11-13-34)16-35(23-9-5-4-8-20(23)28)27(38)25-32-17-36(33-25)19-6-2-1-3-7-19/h1-9,14-15,17H,10-13,16H2. The van der Waals surface area contributed by atoms with E-state index in [0.717, 1.165) is 16.9 Å². The van der Waals surface area contributed by atoms with Gasteiger partial charge >= 0.3 is 0 Å². The van der Waals surface area contributed by atoms with Gasteiger partial charge in [0.15, 0.2) is 5.82 Å². The summed E-state index contributed by atoms with van der Waals surface area (Å²) in [6, 6.07) is 20.0. The van der Waals surface area contributed by atoms with Crippen LogP contribution in [0, 0.1) is 5.82 Å². The summed E-state index contributed by atoms with van der Waals surface area (Å²) < 4.78 is 15.4. The van der Waals surface area contributed by atoms with E-state index in [1.54, 1.807) is 20.8 Å². The van der Waals surface area contributed by atoms with Gasteiger partial charge in [0, 0.05) is 36.3 Å². The van der Waals surface area contributed by atoms with Crippen molar-refractivity contribution in [1.82, 2.24) is 19.7 Å². The van der Waals surface area contributed by atoms with E-state index < -0.39 is 5.82 Å². The largest absolute Gasteiger partial charge is 0.339 e. The second-order valence-electron chi connectivity index (χ2n) is 9.58. The zero-order valence-electron chi connectivity index (χ0n) is 20.2. The highest BCUT2D eigenvalue weighted by Gasteiger charge is 2.47. The van der Waals surface area contributed by atoms with Gasteiger partial charge in [0.05, 0.1) is 15.7 Å². The number of carbonyl (C=O) groups excluding carboxylic acids is 2. The Kier molecular flexibility index (Phi) is 6.16. The molecule has 0 aliphatic carbocycles. The number of hydrogen-bond acceptors (Lipinski definition) is 4. The Bertz CT molecular complexity index is 1530. The highest BCUT2D eigenvalue weighted by molar-refractivity contribution is 6.35. The molecule has 3 heterocycles. The molecule has 1 saturated heterocycles. The molecule has 192 valence electrons. The first kappa shape index (κ1) is 24.6. The van der Waals surface area contributed by atoms with Gasteiger partial charge in [0.1, 0.15) is 6.33 Å². The number of fused-ring (bicyclic) bond motifs is 2. The molecular formula is C28H22Cl2FN5O2. The van der Waals surface area contributed by atoms with Crippen molar-refractivity contribution in [3.05, 3.63) is 106 Å². The van der Waals surface area contributed by atoms with E-state index in [4.69, 9.17) is 23.2 Å². The van der Waals surface area contributed by atoms with Gasteiger partial charge in [-0.2, -0.15) is 0 Å². The minimum Gasteiger partial charge on any atom is -0.339 e. The predicted octanol–water partition coefficient (Wildman–Crippen LogP) is 5.55. The molecule has 0 bridgehead atoms. The van der Waals surface area contributed by atoms with Gasteiger partial charge in [-0.05, 0) is 48.7 Å². The van der Waals surface area contributed by atoms with Crippen molar-refractivity contribution in [1.29, 1.82) is 0 Å². The van der Waals surface area contributed by atoms with Crippen LogP contribution in [0.15, 0.2) is 73.1 Å².